The van der Waals surface area contributed by atoms with E-state index in [1.807, 2.05) is 29.9 Å². The number of methoxy groups -OCH3 is 1. The number of esters is 1. The number of fused-ring (bicyclic) bond motifs is 1. The zero-order chi connectivity index (χ0) is 23.2. The second-order valence-electron chi connectivity index (χ2n) is 8.43. The highest BCUT2D eigenvalue weighted by molar-refractivity contribution is 7.22. The number of nitrogens with one attached hydrogen (secondary N) is 2. The molecular weight excluding hydrogens is 442 g/mol. The van der Waals surface area contributed by atoms with Crippen LogP contribution in [0.4, 0.5) is 0 Å². The molecule has 0 unspecified atom stereocenters. The number of hydrogen-bond acceptors (Lipinski definition) is 8. The van der Waals surface area contributed by atoms with Crippen molar-refractivity contribution in [2.45, 2.75) is 30.5 Å². The van der Waals surface area contributed by atoms with Gasteiger partial charge < -0.3 is 24.7 Å². The summed E-state index contributed by atoms with van der Waals surface area (Å²) in [7, 11) is 3.28. The SMILES string of the molecule is C=C[C@@H]1C[C@]1(NC(=O)[C@@H]1C[C@@H](Oc2ccnc3cc(-c4nccn4C)sc23)CN1)C(=O)OC. The number of ether oxygens (including phenoxy) is 2. The van der Waals surface area contributed by atoms with Gasteiger partial charge in [-0.15, -0.1) is 17.9 Å². The van der Waals surface area contributed by atoms with Crippen molar-refractivity contribution >= 4 is 33.4 Å². The van der Waals surface area contributed by atoms with Gasteiger partial charge in [-0.1, -0.05) is 6.08 Å². The van der Waals surface area contributed by atoms with Gasteiger partial charge in [0.2, 0.25) is 5.91 Å². The van der Waals surface area contributed by atoms with Gasteiger partial charge in [0.25, 0.3) is 0 Å². The fraction of sp³-hybridized carbons (Fsp3) is 0.391. The van der Waals surface area contributed by atoms with Gasteiger partial charge in [0.15, 0.2) is 0 Å². The maximum Gasteiger partial charge on any atom is 0.332 e. The van der Waals surface area contributed by atoms with Gasteiger partial charge in [0, 0.05) is 44.5 Å². The summed E-state index contributed by atoms with van der Waals surface area (Å²) < 4.78 is 14.1. The molecule has 0 bridgehead atoms. The van der Waals surface area contributed by atoms with Crippen LogP contribution in [0.2, 0.25) is 0 Å². The summed E-state index contributed by atoms with van der Waals surface area (Å²) in [6.45, 7) is 4.27. The molecule has 3 aromatic heterocycles. The Morgan fingerprint density at radius 1 is 1.39 bits per heavy atom. The number of pyridine rings is 1. The van der Waals surface area contributed by atoms with Crippen molar-refractivity contribution in [3.05, 3.63) is 43.4 Å². The molecule has 10 heteroatoms. The highest BCUT2D eigenvalue weighted by atomic mass is 32.1. The molecule has 2 N–H and O–H groups in total. The first-order chi connectivity index (χ1) is 15.9. The molecule has 5 rings (SSSR count). The number of aryl methyl sites for hydroxylation is 1. The van der Waals surface area contributed by atoms with E-state index in [1.54, 1.807) is 29.8 Å². The molecule has 0 spiro atoms. The number of nitrogens with zero attached hydrogens (tertiary/aromatic N) is 3. The first kappa shape index (κ1) is 21.6. The summed E-state index contributed by atoms with van der Waals surface area (Å²) in [6, 6.07) is 3.40. The van der Waals surface area contributed by atoms with E-state index in [-0.39, 0.29) is 17.9 Å². The van der Waals surface area contributed by atoms with Crippen LogP contribution >= 0.6 is 11.3 Å². The van der Waals surface area contributed by atoms with Crippen LogP contribution in [0.25, 0.3) is 20.9 Å². The summed E-state index contributed by atoms with van der Waals surface area (Å²) in [5.41, 5.74) is -0.149. The normalized spacial score (nSPS) is 26.2. The lowest BCUT2D eigenvalue weighted by molar-refractivity contribution is -0.147. The van der Waals surface area contributed by atoms with Crippen molar-refractivity contribution in [2.75, 3.05) is 13.7 Å². The minimum atomic E-state index is -0.996. The van der Waals surface area contributed by atoms with Crippen molar-refractivity contribution in [3.63, 3.8) is 0 Å². The molecule has 1 aliphatic carbocycles. The van der Waals surface area contributed by atoms with Gasteiger partial charge in [-0.25, -0.2) is 9.78 Å². The molecule has 4 atom stereocenters. The smallest absolute Gasteiger partial charge is 0.332 e. The van der Waals surface area contributed by atoms with Gasteiger partial charge in [-0.3, -0.25) is 9.78 Å². The molecule has 0 radical (unpaired) electrons. The minimum absolute atomic E-state index is 0.112. The fourth-order valence-corrected chi connectivity index (χ4v) is 5.50. The van der Waals surface area contributed by atoms with E-state index in [1.165, 1.54) is 7.11 Å². The highest BCUT2D eigenvalue weighted by Gasteiger charge is 2.61. The minimum Gasteiger partial charge on any atom is -0.487 e. The van der Waals surface area contributed by atoms with E-state index in [2.05, 4.69) is 27.2 Å². The molecule has 33 heavy (non-hydrogen) atoms. The largest absolute Gasteiger partial charge is 0.487 e. The lowest BCUT2D eigenvalue weighted by atomic mass is 10.1. The molecule has 2 fully saturated rings. The molecule has 1 aliphatic heterocycles. The van der Waals surface area contributed by atoms with Crippen molar-refractivity contribution in [2.24, 2.45) is 13.0 Å². The molecule has 1 saturated heterocycles. The molecular formula is C23H25N5O4S. The van der Waals surface area contributed by atoms with Crippen LogP contribution in [0, 0.1) is 5.92 Å². The Balaban J connectivity index is 1.27. The molecule has 2 aliphatic rings. The zero-order valence-electron chi connectivity index (χ0n) is 18.4. The van der Waals surface area contributed by atoms with Gasteiger partial charge >= 0.3 is 5.97 Å². The maximum atomic E-state index is 12.9. The summed E-state index contributed by atoms with van der Waals surface area (Å²) in [6.07, 6.45) is 7.89. The number of thiophene rings is 1. The maximum absolute atomic E-state index is 12.9. The second kappa shape index (κ2) is 8.27. The Morgan fingerprint density at radius 3 is 2.94 bits per heavy atom. The van der Waals surface area contributed by atoms with E-state index >= 15 is 0 Å². The number of hydrogen-bond donors (Lipinski definition) is 2. The lowest BCUT2D eigenvalue weighted by Gasteiger charge is -2.19. The highest BCUT2D eigenvalue weighted by Crippen LogP contribution is 2.45. The first-order valence-corrected chi connectivity index (χ1v) is 11.6. The van der Waals surface area contributed by atoms with E-state index < -0.39 is 17.6 Å². The molecule has 0 aromatic carbocycles. The van der Waals surface area contributed by atoms with Crippen molar-refractivity contribution < 1.29 is 19.1 Å². The first-order valence-electron chi connectivity index (χ1n) is 10.7. The van der Waals surface area contributed by atoms with Crippen molar-refractivity contribution in [1.29, 1.82) is 0 Å². The third-order valence-electron chi connectivity index (χ3n) is 6.31. The Labute approximate surface area is 194 Å². The topological polar surface area (TPSA) is 107 Å². The predicted octanol–water partition coefficient (Wildman–Crippen LogP) is 2.04. The van der Waals surface area contributed by atoms with Crippen LogP contribution in [0.15, 0.2) is 43.4 Å². The third kappa shape index (κ3) is 3.79. The number of amides is 1. The zero-order valence-corrected chi connectivity index (χ0v) is 19.2. The predicted molar refractivity (Wildman–Crippen MR) is 124 cm³/mol. The summed E-state index contributed by atoms with van der Waals surface area (Å²) in [5.74, 6) is 0.828. The quantitative estimate of drug-likeness (QED) is 0.404. The third-order valence-corrected chi connectivity index (χ3v) is 7.45. The Kier molecular flexibility index (Phi) is 5.41. The summed E-state index contributed by atoms with van der Waals surface area (Å²) in [4.78, 5) is 35.0. The van der Waals surface area contributed by atoms with Crippen LogP contribution in [0.3, 0.4) is 0 Å². The van der Waals surface area contributed by atoms with Crippen LogP contribution in [0.1, 0.15) is 12.8 Å². The van der Waals surface area contributed by atoms with Crippen molar-refractivity contribution in [3.8, 4) is 16.5 Å². The Morgan fingerprint density at radius 2 is 2.24 bits per heavy atom. The molecule has 1 amide bonds. The van der Waals surface area contributed by atoms with Gasteiger partial charge in [0.05, 0.1) is 28.2 Å². The van der Waals surface area contributed by atoms with Crippen LogP contribution in [-0.4, -0.2) is 57.8 Å². The van der Waals surface area contributed by atoms with E-state index in [0.29, 0.717) is 19.4 Å². The molecule has 4 heterocycles. The number of carbonyl (C=O) groups is 2. The number of aromatic nitrogens is 3. The standard InChI is InChI=1S/C23H25N5O4S/c1-4-13-11-23(13,22(30)31-3)27-21(29)16-9-14(12-26-16)32-17-5-6-24-15-10-18(33-19(15)17)20-25-7-8-28(20)2/h4-8,10,13-14,16,26H,1,9,11-12H2,2-3H3,(H,27,29)/t13-,14-,16+,23-/m1/s1. The van der Waals surface area contributed by atoms with E-state index in [0.717, 1.165) is 26.7 Å². The van der Waals surface area contributed by atoms with Crippen LogP contribution in [-0.2, 0) is 21.4 Å². The average molecular weight is 468 g/mol. The van der Waals surface area contributed by atoms with Gasteiger partial charge in [-0.05, 0) is 18.6 Å². The summed E-state index contributed by atoms with van der Waals surface area (Å²) >= 11 is 1.58. The monoisotopic (exact) mass is 467 g/mol. The van der Waals surface area contributed by atoms with Crippen LogP contribution < -0.4 is 15.4 Å². The number of rotatable bonds is 7. The average Bonchev–Trinajstić information content (AvgIpc) is 3.21. The molecule has 9 nitrogen and oxygen atoms in total. The van der Waals surface area contributed by atoms with Crippen molar-refractivity contribution in [1.82, 2.24) is 25.2 Å². The molecule has 1 saturated carbocycles. The summed E-state index contributed by atoms with van der Waals surface area (Å²) in [5, 5.41) is 6.09. The lowest BCUT2D eigenvalue weighted by Crippen LogP contribution is -2.51. The van der Waals surface area contributed by atoms with Crippen LogP contribution in [0.5, 0.6) is 5.75 Å². The van der Waals surface area contributed by atoms with E-state index in [4.69, 9.17) is 9.47 Å². The molecule has 3 aromatic rings. The number of carbonyl (C=O) groups excluding carboxylic acids is 2. The van der Waals surface area contributed by atoms with Gasteiger partial charge in [0.1, 0.15) is 23.2 Å². The number of imidazole rings is 1. The Hall–Kier alpha value is -3.24. The molecule has 172 valence electrons. The van der Waals surface area contributed by atoms with E-state index in [9.17, 15) is 9.59 Å². The Bertz CT molecular complexity index is 1240. The second-order valence-corrected chi connectivity index (χ2v) is 9.48. The van der Waals surface area contributed by atoms with Gasteiger partial charge in [-0.2, -0.15) is 0 Å². The fourth-order valence-electron chi connectivity index (χ4n) is 4.38.